The molecule has 54 heavy (non-hydrogen) atoms. The SMILES string of the molecule is CC(C)(c1ccc(Oc2ccc(NOCc3ccccc3C(=O)O)cc2)cc1)c1ccc(Oc2ccc(NC(=O)c3ccc(O)cc3C(=O)O)cc2)cc1. The highest BCUT2D eigenvalue weighted by molar-refractivity contribution is 6.10. The van der Waals surface area contributed by atoms with Crippen LogP contribution in [0.3, 0.4) is 0 Å². The van der Waals surface area contributed by atoms with Crippen LogP contribution in [0.4, 0.5) is 11.4 Å². The number of carboxylic acid groups (broad SMARTS) is 2. The molecule has 0 aliphatic heterocycles. The highest BCUT2D eigenvalue weighted by Gasteiger charge is 2.23. The summed E-state index contributed by atoms with van der Waals surface area (Å²) in [5.41, 5.74) is 6.20. The van der Waals surface area contributed by atoms with E-state index in [1.807, 2.05) is 60.7 Å². The van der Waals surface area contributed by atoms with Crippen LogP contribution >= 0.6 is 0 Å². The summed E-state index contributed by atoms with van der Waals surface area (Å²) in [4.78, 5) is 41.1. The first kappa shape index (κ1) is 36.7. The maximum absolute atomic E-state index is 12.7. The smallest absolute Gasteiger partial charge is 0.336 e. The minimum Gasteiger partial charge on any atom is -0.508 e. The lowest BCUT2D eigenvalue weighted by molar-refractivity contribution is 0.0682. The van der Waals surface area contributed by atoms with E-state index in [1.165, 1.54) is 18.2 Å². The maximum Gasteiger partial charge on any atom is 0.336 e. The number of hydrogen-bond donors (Lipinski definition) is 5. The quantitative estimate of drug-likeness (QED) is 0.0684. The van der Waals surface area contributed by atoms with E-state index in [0.717, 1.165) is 17.2 Å². The standard InChI is InChI=1S/C43H36N2O9/c1-43(2,29-9-18-34(19-10-29)54-36-22-13-31(14-23-36)45-52-26-27-5-3-4-6-37(27)41(48)49)28-7-16-33(17-8-28)53-35-20-11-30(12-21-35)44-40(47)38-24-15-32(46)25-39(38)42(50)51/h3-25,45-46H,26H2,1-2H3,(H,44,47)(H,48,49)(H,50,51). The molecule has 0 saturated heterocycles. The molecule has 272 valence electrons. The van der Waals surface area contributed by atoms with Gasteiger partial charge in [0.25, 0.3) is 5.91 Å². The molecule has 0 radical (unpaired) electrons. The minimum absolute atomic E-state index is 0.0725. The van der Waals surface area contributed by atoms with E-state index in [1.54, 1.807) is 54.6 Å². The zero-order chi connectivity index (χ0) is 38.2. The number of aromatic carboxylic acids is 2. The van der Waals surface area contributed by atoms with Crippen molar-refractivity contribution in [3.63, 3.8) is 0 Å². The number of nitrogens with one attached hydrogen (secondary N) is 2. The molecule has 0 unspecified atom stereocenters. The number of ether oxygens (including phenoxy) is 2. The van der Waals surface area contributed by atoms with Crippen LogP contribution in [0.2, 0.25) is 0 Å². The fourth-order valence-electron chi connectivity index (χ4n) is 5.67. The Morgan fingerprint density at radius 1 is 0.574 bits per heavy atom. The van der Waals surface area contributed by atoms with Gasteiger partial charge < -0.3 is 30.1 Å². The van der Waals surface area contributed by atoms with Gasteiger partial charge in [-0.2, -0.15) is 0 Å². The Labute approximate surface area is 311 Å². The zero-order valence-electron chi connectivity index (χ0n) is 29.3. The second-order valence-corrected chi connectivity index (χ2v) is 12.8. The minimum atomic E-state index is -1.32. The average Bonchev–Trinajstić information content (AvgIpc) is 3.17. The average molecular weight is 725 g/mol. The Hall–Kier alpha value is -7.11. The van der Waals surface area contributed by atoms with E-state index in [0.29, 0.717) is 39.9 Å². The van der Waals surface area contributed by atoms with Crippen molar-refractivity contribution in [3.8, 4) is 28.7 Å². The Morgan fingerprint density at radius 2 is 1.06 bits per heavy atom. The van der Waals surface area contributed by atoms with Crippen LogP contribution in [-0.2, 0) is 16.9 Å². The van der Waals surface area contributed by atoms with Gasteiger partial charge in [0.15, 0.2) is 0 Å². The molecule has 6 aromatic rings. The first-order chi connectivity index (χ1) is 26.0. The molecule has 0 spiro atoms. The Morgan fingerprint density at radius 3 is 1.57 bits per heavy atom. The number of carbonyl (C=O) groups is 3. The predicted octanol–water partition coefficient (Wildman–Crippen LogP) is 9.50. The van der Waals surface area contributed by atoms with Crippen molar-refractivity contribution < 1.29 is 44.0 Å². The number of aromatic hydroxyl groups is 1. The van der Waals surface area contributed by atoms with Gasteiger partial charge in [0, 0.05) is 11.1 Å². The number of rotatable bonds is 14. The third-order valence-electron chi connectivity index (χ3n) is 8.73. The summed E-state index contributed by atoms with van der Waals surface area (Å²) in [5.74, 6) is -0.696. The van der Waals surface area contributed by atoms with Gasteiger partial charge in [0.05, 0.1) is 22.4 Å². The van der Waals surface area contributed by atoms with Crippen molar-refractivity contribution in [2.75, 3.05) is 10.8 Å². The van der Waals surface area contributed by atoms with Crippen molar-refractivity contribution in [1.82, 2.24) is 0 Å². The summed E-state index contributed by atoms with van der Waals surface area (Å²) in [6.07, 6.45) is 0. The van der Waals surface area contributed by atoms with Crippen molar-refractivity contribution in [2.24, 2.45) is 0 Å². The Balaban J connectivity index is 1.01. The number of anilines is 2. The number of hydrogen-bond acceptors (Lipinski definition) is 8. The maximum atomic E-state index is 12.7. The van der Waals surface area contributed by atoms with Gasteiger partial charge in [0.2, 0.25) is 0 Å². The monoisotopic (exact) mass is 724 g/mol. The molecule has 0 aromatic heterocycles. The van der Waals surface area contributed by atoms with E-state index in [4.69, 9.17) is 14.3 Å². The number of phenolic OH excluding ortho intramolecular Hbond substituents is 1. The second kappa shape index (κ2) is 16.1. The van der Waals surface area contributed by atoms with Crippen LogP contribution in [0.5, 0.6) is 28.7 Å². The van der Waals surface area contributed by atoms with Crippen molar-refractivity contribution in [1.29, 1.82) is 0 Å². The normalized spacial score (nSPS) is 11.0. The molecule has 6 aromatic carbocycles. The lowest BCUT2D eigenvalue weighted by Crippen LogP contribution is -2.18. The number of carboxylic acids is 2. The van der Waals surface area contributed by atoms with Crippen LogP contribution in [0, 0.1) is 0 Å². The first-order valence-corrected chi connectivity index (χ1v) is 16.8. The molecule has 6 rings (SSSR count). The number of benzene rings is 6. The molecule has 5 N–H and O–H groups in total. The predicted molar refractivity (Wildman–Crippen MR) is 203 cm³/mol. The molecule has 11 nitrogen and oxygen atoms in total. The van der Waals surface area contributed by atoms with Gasteiger partial charge in [-0.1, -0.05) is 56.3 Å². The summed E-state index contributed by atoms with van der Waals surface area (Å²) in [7, 11) is 0. The van der Waals surface area contributed by atoms with E-state index in [-0.39, 0.29) is 34.5 Å². The Kier molecular flexibility index (Phi) is 10.9. The van der Waals surface area contributed by atoms with Gasteiger partial charge in [-0.15, -0.1) is 0 Å². The molecule has 1 amide bonds. The molecule has 0 aliphatic carbocycles. The van der Waals surface area contributed by atoms with Crippen molar-refractivity contribution in [3.05, 3.63) is 173 Å². The number of carbonyl (C=O) groups excluding carboxylic acids is 1. The fraction of sp³-hybridized carbons (Fsp3) is 0.0930. The topological polar surface area (TPSA) is 164 Å². The largest absolute Gasteiger partial charge is 0.508 e. The van der Waals surface area contributed by atoms with E-state index >= 15 is 0 Å². The molecule has 11 heteroatoms. The van der Waals surface area contributed by atoms with Crippen LogP contribution in [-0.4, -0.2) is 33.2 Å². The highest BCUT2D eigenvalue weighted by atomic mass is 16.6. The summed E-state index contributed by atoms with van der Waals surface area (Å²) < 4.78 is 12.1. The Bertz CT molecular complexity index is 2270. The summed E-state index contributed by atoms with van der Waals surface area (Å²) in [5, 5.41) is 31.0. The zero-order valence-corrected chi connectivity index (χ0v) is 29.3. The molecule has 0 atom stereocenters. The molecule has 0 aliphatic rings. The number of amides is 1. The van der Waals surface area contributed by atoms with E-state index in [2.05, 4.69) is 24.6 Å². The first-order valence-electron chi connectivity index (χ1n) is 16.8. The molecular weight excluding hydrogens is 688 g/mol. The molecule has 0 bridgehead atoms. The second-order valence-electron chi connectivity index (χ2n) is 12.8. The van der Waals surface area contributed by atoms with Crippen LogP contribution in [0.25, 0.3) is 0 Å². The third kappa shape index (κ3) is 8.84. The van der Waals surface area contributed by atoms with E-state index < -0.39 is 17.8 Å². The highest BCUT2D eigenvalue weighted by Crippen LogP contribution is 2.35. The van der Waals surface area contributed by atoms with Gasteiger partial charge in [-0.25, -0.2) is 9.59 Å². The fourth-order valence-corrected chi connectivity index (χ4v) is 5.67. The lowest BCUT2D eigenvalue weighted by atomic mass is 9.78. The summed E-state index contributed by atoms with van der Waals surface area (Å²) in [6.45, 7) is 4.36. The van der Waals surface area contributed by atoms with Crippen molar-refractivity contribution >= 4 is 29.2 Å². The van der Waals surface area contributed by atoms with Crippen LogP contribution < -0.4 is 20.3 Å². The van der Waals surface area contributed by atoms with Gasteiger partial charge in [-0.05, 0) is 114 Å². The van der Waals surface area contributed by atoms with Gasteiger partial charge in [-0.3, -0.25) is 15.1 Å². The molecule has 0 fully saturated rings. The third-order valence-corrected chi connectivity index (χ3v) is 8.73. The summed E-state index contributed by atoms with van der Waals surface area (Å²) in [6, 6.07) is 39.8. The lowest BCUT2D eigenvalue weighted by Gasteiger charge is -2.26. The molecular formula is C43H36N2O9. The van der Waals surface area contributed by atoms with Gasteiger partial charge in [0.1, 0.15) is 35.4 Å². The molecule has 0 heterocycles. The summed E-state index contributed by atoms with van der Waals surface area (Å²) >= 11 is 0. The van der Waals surface area contributed by atoms with Crippen LogP contribution in [0.1, 0.15) is 61.6 Å². The van der Waals surface area contributed by atoms with Crippen LogP contribution in [0.15, 0.2) is 140 Å². The van der Waals surface area contributed by atoms with E-state index in [9.17, 15) is 29.7 Å². The molecule has 0 saturated carbocycles. The van der Waals surface area contributed by atoms with Crippen molar-refractivity contribution in [2.45, 2.75) is 25.9 Å². The van der Waals surface area contributed by atoms with Gasteiger partial charge >= 0.3 is 11.9 Å². The number of phenols is 1.